The first-order valence-electron chi connectivity index (χ1n) is 7.78. The number of methoxy groups -OCH3 is 1. The summed E-state index contributed by atoms with van der Waals surface area (Å²) in [5.74, 6) is -0.0691. The lowest BCUT2D eigenvalue weighted by molar-refractivity contribution is 0.0958. The molecule has 26 heavy (non-hydrogen) atoms. The number of benzene rings is 1. The van der Waals surface area contributed by atoms with Gasteiger partial charge in [-0.25, -0.2) is 0 Å². The number of ether oxygens (including phenoxy) is 1. The molecule has 0 unspecified atom stereocenters. The Morgan fingerprint density at radius 1 is 1.19 bits per heavy atom. The van der Waals surface area contributed by atoms with Gasteiger partial charge in [-0.3, -0.25) is 19.4 Å². The van der Waals surface area contributed by atoms with Crippen molar-refractivity contribution in [2.24, 2.45) is 7.05 Å². The van der Waals surface area contributed by atoms with Crippen LogP contribution in [0.4, 0.5) is 5.69 Å². The molecule has 9 heteroatoms. The third-order valence-corrected chi connectivity index (χ3v) is 3.73. The van der Waals surface area contributed by atoms with Crippen molar-refractivity contribution in [1.82, 2.24) is 25.3 Å². The molecule has 0 saturated heterocycles. The number of carbonyl (C=O) groups is 2. The maximum Gasteiger partial charge on any atom is 0.273 e. The van der Waals surface area contributed by atoms with Crippen LogP contribution in [0.5, 0.6) is 5.75 Å². The highest BCUT2D eigenvalue weighted by molar-refractivity contribution is 6.07. The molecule has 0 spiro atoms. The van der Waals surface area contributed by atoms with E-state index in [2.05, 4.69) is 25.9 Å². The summed E-state index contributed by atoms with van der Waals surface area (Å²) >= 11 is 0. The lowest BCUT2D eigenvalue weighted by Gasteiger charge is -2.02. The highest BCUT2D eigenvalue weighted by Crippen LogP contribution is 2.22. The molecule has 0 aliphatic carbocycles. The van der Waals surface area contributed by atoms with Crippen LogP contribution in [0.1, 0.15) is 21.0 Å². The lowest BCUT2D eigenvalue weighted by Crippen LogP contribution is -2.21. The molecule has 2 heterocycles. The summed E-state index contributed by atoms with van der Waals surface area (Å²) in [6.07, 6.45) is 1.56. The maximum absolute atomic E-state index is 12.5. The zero-order valence-electron chi connectivity index (χ0n) is 14.5. The van der Waals surface area contributed by atoms with Gasteiger partial charge in [-0.05, 0) is 30.3 Å². The SMILES string of the molecule is CNC(=O)c1nn(C)cc1NC(=O)c1cc(-c2ccc(OC)cc2)n[nH]1. The van der Waals surface area contributed by atoms with Gasteiger partial charge in [-0.15, -0.1) is 0 Å². The van der Waals surface area contributed by atoms with Gasteiger partial charge in [-0.2, -0.15) is 10.2 Å². The summed E-state index contributed by atoms with van der Waals surface area (Å²) in [6, 6.07) is 8.96. The molecule has 0 fully saturated rings. The van der Waals surface area contributed by atoms with Crippen molar-refractivity contribution in [2.75, 3.05) is 19.5 Å². The molecule has 0 radical (unpaired) electrons. The van der Waals surface area contributed by atoms with E-state index in [4.69, 9.17) is 4.74 Å². The third kappa shape index (κ3) is 3.41. The molecule has 0 saturated carbocycles. The van der Waals surface area contributed by atoms with Crippen LogP contribution in [0.3, 0.4) is 0 Å². The first-order valence-corrected chi connectivity index (χ1v) is 7.78. The smallest absolute Gasteiger partial charge is 0.273 e. The summed E-state index contributed by atoms with van der Waals surface area (Å²) < 4.78 is 6.58. The summed E-state index contributed by atoms with van der Waals surface area (Å²) in [7, 11) is 4.76. The molecule has 134 valence electrons. The van der Waals surface area contributed by atoms with Crippen LogP contribution in [0.2, 0.25) is 0 Å². The first-order chi connectivity index (χ1) is 12.5. The van der Waals surface area contributed by atoms with E-state index >= 15 is 0 Å². The quantitative estimate of drug-likeness (QED) is 0.641. The van der Waals surface area contributed by atoms with Gasteiger partial charge in [0.2, 0.25) is 0 Å². The fraction of sp³-hybridized carbons (Fsp3) is 0.176. The maximum atomic E-state index is 12.5. The molecule has 1 aromatic carbocycles. The van der Waals surface area contributed by atoms with Gasteiger partial charge >= 0.3 is 0 Å². The number of H-pyrrole nitrogens is 1. The number of hydrogen-bond acceptors (Lipinski definition) is 5. The molecular formula is C17H18N6O3. The molecule has 3 N–H and O–H groups in total. The standard InChI is InChI=1S/C17H18N6O3/c1-18-17(25)15-14(9-23(2)22-15)19-16(24)13-8-12(20-21-13)10-4-6-11(26-3)7-5-10/h4-9H,1-3H3,(H,18,25)(H,19,24)(H,20,21). The minimum absolute atomic E-state index is 0.137. The second-order valence-corrected chi connectivity index (χ2v) is 5.49. The minimum atomic E-state index is -0.421. The molecule has 3 rings (SSSR count). The number of hydrogen-bond donors (Lipinski definition) is 3. The van der Waals surface area contributed by atoms with Crippen LogP contribution < -0.4 is 15.4 Å². The van der Waals surface area contributed by atoms with E-state index in [1.54, 1.807) is 26.4 Å². The number of aryl methyl sites for hydroxylation is 1. The monoisotopic (exact) mass is 354 g/mol. The Balaban J connectivity index is 1.79. The zero-order valence-corrected chi connectivity index (χ0v) is 14.5. The van der Waals surface area contributed by atoms with E-state index in [-0.39, 0.29) is 17.3 Å². The number of carbonyl (C=O) groups excluding carboxylic acids is 2. The fourth-order valence-corrected chi connectivity index (χ4v) is 2.40. The topological polar surface area (TPSA) is 114 Å². The van der Waals surface area contributed by atoms with Crippen molar-refractivity contribution < 1.29 is 14.3 Å². The highest BCUT2D eigenvalue weighted by atomic mass is 16.5. The van der Waals surface area contributed by atoms with Crippen LogP contribution in [0, 0.1) is 0 Å². The highest BCUT2D eigenvalue weighted by Gasteiger charge is 2.19. The molecule has 0 aliphatic rings. The Kier molecular flexibility index (Phi) is 4.70. The molecule has 0 bridgehead atoms. The summed E-state index contributed by atoms with van der Waals surface area (Å²) in [5.41, 5.74) is 2.18. The van der Waals surface area contributed by atoms with Crippen LogP contribution >= 0.6 is 0 Å². The van der Waals surface area contributed by atoms with Crippen LogP contribution in [-0.4, -0.2) is 45.9 Å². The van der Waals surface area contributed by atoms with Crippen LogP contribution in [-0.2, 0) is 7.05 Å². The second kappa shape index (κ2) is 7.09. The molecule has 9 nitrogen and oxygen atoms in total. The Bertz CT molecular complexity index is 942. The van der Waals surface area contributed by atoms with E-state index in [0.29, 0.717) is 11.4 Å². The van der Waals surface area contributed by atoms with Gasteiger partial charge in [-0.1, -0.05) is 0 Å². The molecule has 2 aromatic heterocycles. The first kappa shape index (κ1) is 17.2. The Labute approximate surface area is 149 Å². The number of nitrogens with zero attached hydrogens (tertiary/aromatic N) is 3. The van der Waals surface area contributed by atoms with Gasteiger partial charge in [0.25, 0.3) is 11.8 Å². The minimum Gasteiger partial charge on any atom is -0.497 e. The van der Waals surface area contributed by atoms with Crippen molar-refractivity contribution in [3.8, 4) is 17.0 Å². The second-order valence-electron chi connectivity index (χ2n) is 5.49. The van der Waals surface area contributed by atoms with Gasteiger partial charge in [0, 0.05) is 25.9 Å². The lowest BCUT2D eigenvalue weighted by atomic mass is 10.1. The Morgan fingerprint density at radius 2 is 1.92 bits per heavy atom. The van der Waals surface area contributed by atoms with Gasteiger partial charge in [0.15, 0.2) is 5.69 Å². The van der Waals surface area contributed by atoms with Gasteiger partial charge in [0.05, 0.1) is 18.5 Å². The Morgan fingerprint density at radius 3 is 2.58 bits per heavy atom. The van der Waals surface area contributed by atoms with Crippen molar-refractivity contribution in [3.05, 3.63) is 47.9 Å². The molecule has 3 aromatic rings. The number of amides is 2. The predicted octanol–water partition coefficient (Wildman–Crippen LogP) is 1.43. The Hall–Kier alpha value is -3.62. The predicted molar refractivity (Wildman–Crippen MR) is 95.1 cm³/mol. The van der Waals surface area contributed by atoms with Gasteiger partial charge in [0.1, 0.15) is 11.4 Å². The number of nitrogens with one attached hydrogen (secondary N) is 3. The molecular weight excluding hydrogens is 336 g/mol. The average molecular weight is 354 g/mol. The van der Waals surface area contributed by atoms with E-state index in [0.717, 1.165) is 11.3 Å². The average Bonchev–Trinajstić information content (AvgIpc) is 3.28. The fourth-order valence-electron chi connectivity index (χ4n) is 2.40. The molecule has 0 aliphatic heterocycles. The summed E-state index contributed by atoms with van der Waals surface area (Å²) in [4.78, 5) is 24.3. The normalized spacial score (nSPS) is 10.4. The van der Waals surface area contributed by atoms with E-state index in [1.807, 2.05) is 24.3 Å². The largest absolute Gasteiger partial charge is 0.497 e. The van der Waals surface area contributed by atoms with Crippen molar-refractivity contribution >= 4 is 17.5 Å². The van der Waals surface area contributed by atoms with Gasteiger partial charge < -0.3 is 15.4 Å². The van der Waals surface area contributed by atoms with Crippen molar-refractivity contribution in [1.29, 1.82) is 0 Å². The molecule has 2 amide bonds. The van der Waals surface area contributed by atoms with Crippen molar-refractivity contribution in [3.63, 3.8) is 0 Å². The number of aromatic amines is 1. The van der Waals surface area contributed by atoms with Crippen LogP contribution in [0.15, 0.2) is 36.5 Å². The van der Waals surface area contributed by atoms with Crippen LogP contribution in [0.25, 0.3) is 11.3 Å². The van der Waals surface area contributed by atoms with E-state index in [1.165, 1.54) is 11.7 Å². The molecule has 0 atom stereocenters. The summed E-state index contributed by atoms with van der Waals surface area (Å²) in [5, 5.41) is 16.1. The van der Waals surface area contributed by atoms with E-state index in [9.17, 15) is 9.59 Å². The number of anilines is 1. The number of aromatic nitrogens is 4. The van der Waals surface area contributed by atoms with Crippen molar-refractivity contribution in [2.45, 2.75) is 0 Å². The summed E-state index contributed by atoms with van der Waals surface area (Å²) in [6.45, 7) is 0. The number of rotatable bonds is 5. The third-order valence-electron chi connectivity index (χ3n) is 3.73. The zero-order chi connectivity index (χ0) is 18.7. The van der Waals surface area contributed by atoms with E-state index < -0.39 is 5.91 Å².